The molecule has 2 aromatic heterocycles. The summed E-state index contributed by atoms with van der Waals surface area (Å²) in [5, 5.41) is 11.3. The molecule has 8 heteroatoms. The minimum Gasteiger partial charge on any atom is -0.367 e. The normalized spacial score (nSPS) is 19.3. The Hall–Kier alpha value is -1.80. The molecule has 0 amide bonds. The fourth-order valence-corrected chi connectivity index (χ4v) is 2.67. The van der Waals surface area contributed by atoms with Gasteiger partial charge >= 0.3 is 0 Å². The molecule has 0 radical (unpaired) electrons. The molecule has 0 spiro atoms. The number of morpholine rings is 1. The van der Waals surface area contributed by atoms with Gasteiger partial charge in [-0.1, -0.05) is 19.0 Å². The summed E-state index contributed by atoms with van der Waals surface area (Å²) in [5.41, 5.74) is 0. The molecule has 23 heavy (non-hydrogen) atoms. The smallest absolute Gasteiger partial charge is 0.226 e. The number of hydrogen-bond acceptors (Lipinski definition) is 7. The highest BCUT2D eigenvalue weighted by atomic mass is 16.5. The zero-order valence-corrected chi connectivity index (χ0v) is 13.8. The van der Waals surface area contributed by atoms with Crippen LogP contribution in [-0.4, -0.2) is 49.9 Å². The summed E-state index contributed by atoms with van der Waals surface area (Å²) in [6.45, 7) is 7.13. The van der Waals surface area contributed by atoms with E-state index in [1.807, 2.05) is 0 Å². The molecular weight excluding hydrogens is 296 g/mol. The molecule has 0 bridgehead atoms. The molecule has 0 aromatic carbocycles. The summed E-state index contributed by atoms with van der Waals surface area (Å²) in [5.74, 6) is 3.10. The second-order valence-corrected chi connectivity index (χ2v) is 5.84. The quantitative estimate of drug-likeness (QED) is 0.829. The van der Waals surface area contributed by atoms with Gasteiger partial charge in [-0.05, 0) is 12.8 Å². The lowest BCUT2D eigenvalue weighted by Crippen LogP contribution is -2.38. The lowest BCUT2D eigenvalue weighted by molar-refractivity contribution is -0.0379. The van der Waals surface area contributed by atoms with Gasteiger partial charge in [0.2, 0.25) is 5.89 Å². The van der Waals surface area contributed by atoms with Crippen molar-refractivity contribution in [2.75, 3.05) is 19.7 Å². The van der Waals surface area contributed by atoms with E-state index in [9.17, 15) is 0 Å². The summed E-state index contributed by atoms with van der Waals surface area (Å²) in [6.07, 6.45) is 3.69. The van der Waals surface area contributed by atoms with Crippen LogP contribution in [-0.2, 0) is 24.1 Å². The average molecular weight is 320 g/mol. The lowest BCUT2D eigenvalue weighted by Gasteiger charge is -2.30. The number of aromatic amines is 1. The van der Waals surface area contributed by atoms with Gasteiger partial charge in [-0.3, -0.25) is 10.00 Å². The van der Waals surface area contributed by atoms with Crippen molar-refractivity contribution in [1.29, 1.82) is 0 Å². The molecule has 2 aromatic rings. The largest absolute Gasteiger partial charge is 0.367 e. The van der Waals surface area contributed by atoms with Gasteiger partial charge < -0.3 is 9.26 Å². The van der Waals surface area contributed by atoms with Gasteiger partial charge in [-0.2, -0.15) is 10.1 Å². The van der Waals surface area contributed by atoms with Gasteiger partial charge in [0.05, 0.1) is 13.2 Å². The molecule has 0 aliphatic carbocycles. The van der Waals surface area contributed by atoms with Gasteiger partial charge in [-0.15, -0.1) is 0 Å². The van der Waals surface area contributed by atoms with Crippen LogP contribution < -0.4 is 0 Å². The van der Waals surface area contributed by atoms with E-state index < -0.39 is 0 Å². The Morgan fingerprint density at radius 1 is 1.22 bits per heavy atom. The first-order valence-electron chi connectivity index (χ1n) is 8.35. The van der Waals surface area contributed by atoms with E-state index in [2.05, 4.69) is 44.1 Å². The van der Waals surface area contributed by atoms with Crippen LogP contribution in [0, 0.1) is 0 Å². The zero-order valence-electron chi connectivity index (χ0n) is 13.8. The maximum absolute atomic E-state index is 5.82. The van der Waals surface area contributed by atoms with Crippen molar-refractivity contribution in [2.45, 2.75) is 52.2 Å². The van der Waals surface area contributed by atoms with E-state index in [4.69, 9.17) is 9.26 Å². The first-order chi connectivity index (χ1) is 11.3. The van der Waals surface area contributed by atoms with Crippen molar-refractivity contribution in [3.63, 3.8) is 0 Å². The van der Waals surface area contributed by atoms with Crippen LogP contribution in [0.25, 0.3) is 0 Å². The van der Waals surface area contributed by atoms with E-state index in [0.717, 1.165) is 56.2 Å². The molecule has 1 atom stereocenters. The standard InChI is InChI=1S/C15H24N6O2/c1-3-5-12-17-15(19-18-12)11-9-21(7-8-22-11)10-13-16-14(6-4-2)23-20-13/h11H,3-10H2,1-2H3,(H,17,18,19)/t11-/m0/s1. The van der Waals surface area contributed by atoms with Crippen molar-refractivity contribution in [3.05, 3.63) is 23.4 Å². The van der Waals surface area contributed by atoms with E-state index in [0.29, 0.717) is 19.0 Å². The van der Waals surface area contributed by atoms with E-state index in [-0.39, 0.29) is 6.10 Å². The molecule has 3 rings (SSSR count). The molecule has 1 saturated heterocycles. The number of aryl methyl sites for hydroxylation is 2. The van der Waals surface area contributed by atoms with Crippen molar-refractivity contribution < 1.29 is 9.26 Å². The van der Waals surface area contributed by atoms with E-state index in [1.54, 1.807) is 0 Å². The van der Waals surface area contributed by atoms with Crippen LogP contribution in [0.1, 0.15) is 56.2 Å². The third-order valence-electron chi connectivity index (χ3n) is 3.81. The van der Waals surface area contributed by atoms with Crippen molar-refractivity contribution in [3.8, 4) is 0 Å². The second-order valence-electron chi connectivity index (χ2n) is 5.84. The highest BCUT2D eigenvalue weighted by Crippen LogP contribution is 2.20. The summed E-state index contributed by atoms with van der Waals surface area (Å²) < 4.78 is 11.1. The van der Waals surface area contributed by atoms with Gasteiger partial charge in [0.15, 0.2) is 11.6 Å². The minimum atomic E-state index is -0.104. The molecule has 3 heterocycles. The number of aromatic nitrogens is 5. The maximum Gasteiger partial charge on any atom is 0.226 e. The summed E-state index contributed by atoms with van der Waals surface area (Å²) in [4.78, 5) is 11.2. The number of ether oxygens (including phenoxy) is 1. The number of nitrogens with one attached hydrogen (secondary N) is 1. The number of rotatable bonds is 7. The Kier molecular flexibility index (Phi) is 5.35. The Morgan fingerprint density at radius 2 is 2.09 bits per heavy atom. The molecule has 1 aliphatic heterocycles. The Morgan fingerprint density at radius 3 is 2.91 bits per heavy atom. The molecule has 1 N–H and O–H groups in total. The van der Waals surface area contributed by atoms with Crippen LogP contribution in [0.15, 0.2) is 4.52 Å². The third-order valence-corrected chi connectivity index (χ3v) is 3.81. The van der Waals surface area contributed by atoms with Crippen molar-refractivity contribution in [2.24, 2.45) is 0 Å². The summed E-state index contributed by atoms with van der Waals surface area (Å²) in [6, 6.07) is 0. The van der Waals surface area contributed by atoms with Crippen LogP contribution >= 0.6 is 0 Å². The first-order valence-corrected chi connectivity index (χ1v) is 8.35. The fraction of sp³-hybridized carbons (Fsp3) is 0.733. The average Bonchev–Trinajstić information content (AvgIpc) is 3.18. The molecule has 126 valence electrons. The molecule has 1 fully saturated rings. The first kappa shape index (κ1) is 16.1. The highest BCUT2D eigenvalue weighted by Gasteiger charge is 2.26. The molecule has 0 saturated carbocycles. The second kappa shape index (κ2) is 7.65. The Bertz CT molecular complexity index is 611. The predicted molar refractivity (Wildman–Crippen MR) is 82.6 cm³/mol. The van der Waals surface area contributed by atoms with Gasteiger partial charge in [-0.25, -0.2) is 4.98 Å². The Labute approximate surface area is 135 Å². The van der Waals surface area contributed by atoms with Gasteiger partial charge in [0.25, 0.3) is 0 Å². The number of H-pyrrole nitrogens is 1. The third kappa shape index (κ3) is 4.14. The highest BCUT2D eigenvalue weighted by molar-refractivity contribution is 4.97. The van der Waals surface area contributed by atoms with E-state index in [1.165, 1.54) is 0 Å². The molecule has 0 unspecified atom stereocenters. The van der Waals surface area contributed by atoms with E-state index >= 15 is 0 Å². The van der Waals surface area contributed by atoms with Crippen molar-refractivity contribution in [1.82, 2.24) is 30.2 Å². The zero-order chi connectivity index (χ0) is 16.1. The van der Waals surface area contributed by atoms with Crippen LogP contribution in [0.3, 0.4) is 0 Å². The monoisotopic (exact) mass is 320 g/mol. The predicted octanol–water partition coefficient (Wildman–Crippen LogP) is 1.67. The SMILES string of the molecule is CCCc1nc([C@@H]2CN(Cc3noc(CCC)n3)CCO2)n[nH]1. The topological polar surface area (TPSA) is 93.0 Å². The van der Waals surface area contributed by atoms with Crippen LogP contribution in [0.5, 0.6) is 0 Å². The lowest BCUT2D eigenvalue weighted by atomic mass is 10.2. The molecule has 1 aliphatic rings. The van der Waals surface area contributed by atoms with Crippen molar-refractivity contribution >= 4 is 0 Å². The summed E-state index contributed by atoms with van der Waals surface area (Å²) in [7, 11) is 0. The maximum atomic E-state index is 5.82. The Balaban J connectivity index is 1.58. The minimum absolute atomic E-state index is 0.104. The van der Waals surface area contributed by atoms with Gasteiger partial charge in [0, 0.05) is 25.9 Å². The summed E-state index contributed by atoms with van der Waals surface area (Å²) >= 11 is 0. The number of nitrogens with zero attached hydrogens (tertiary/aromatic N) is 5. The molecular formula is C15H24N6O2. The fourth-order valence-electron chi connectivity index (χ4n) is 2.67. The van der Waals surface area contributed by atoms with Gasteiger partial charge in [0.1, 0.15) is 11.9 Å². The number of hydrogen-bond donors (Lipinski definition) is 1. The molecule has 8 nitrogen and oxygen atoms in total. The van der Waals surface area contributed by atoms with Crippen LogP contribution in [0.2, 0.25) is 0 Å². The van der Waals surface area contributed by atoms with Crippen LogP contribution in [0.4, 0.5) is 0 Å².